The summed E-state index contributed by atoms with van der Waals surface area (Å²) in [5, 5.41) is 0.338. The van der Waals surface area contributed by atoms with Crippen LogP contribution in [0.15, 0.2) is 48.7 Å². The van der Waals surface area contributed by atoms with E-state index in [1.807, 2.05) is 35.2 Å². The number of hydrogen-bond donors (Lipinski definition) is 0. The van der Waals surface area contributed by atoms with Gasteiger partial charge in [-0.1, -0.05) is 48.9 Å². The highest BCUT2D eigenvalue weighted by Gasteiger charge is 2.21. The van der Waals surface area contributed by atoms with E-state index in [-0.39, 0.29) is 11.9 Å². The first-order valence-corrected chi connectivity index (χ1v) is 7.46. The minimum atomic E-state index is -0.0162. The van der Waals surface area contributed by atoms with Crippen molar-refractivity contribution in [2.45, 2.75) is 32.9 Å². The maximum absolute atomic E-state index is 12.7. The number of amides is 1. The number of pyridine rings is 1. The molecule has 1 aromatic carbocycles. The molecular formula is C17H19ClN2O. The molecule has 110 valence electrons. The SMILES string of the molecule is CCC(C)N(Cc1ccccc1)C(=O)c1ccnc(Cl)c1. The van der Waals surface area contributed by atoms with Crippen LogP contribution >= 0.6 is 11.6 Å². The molecule has 21 heavy (non-hydrogen) atoms. The molecule has 1 unspecified atom stereocenters. The van der Waals surface area contributed by atoms with Crippen molar-refractivity contribution < 1.29 is 4.79 Å². The third-order valence-corrected chi connectivity index (χ3v) is 3.76. The molecular weight excluding hydrogens is 284 g/mol. The Hall–Kier alpha value is -1.87. The molecule has 2 aromatic rings. The maximum atomic E-state index is 12.7. The Labute approximate surface area is 130 Å². The molecule has 1 atom stereocenters. The average molecular weight is 303 g/mol. The molecule has 4 heteroatoms. The molecule has 1 heterocycles. The molecule has 0 saturated carbocycles. The molecule has 2 rings (SSSR count). The van der Waals surface area contributed by atoms with Gasteiger partial charge in [0, 0.05) is 24.3 Å². The maximum Gasteiger partial charge on any atom is 0.254 e. The van der Waals surface area contributed by atoms with Crippen LogP contribution in [0.4, 0.5) is 0 Å². The van der Waals surface area contributed by atoms with Gasteiger partial charge in [0.1, 0.15) is 5.15 Å². The van der Waals surface area contributed by atoms with Crippen molar-refractivity contribution in [3.63, 3.8) is 0 Å². The Bertz CT molecular complexity index is 601. The fourth-order valence-corrected chi connectivity index (χ4v) is 2.30. The van der Waals surface area contributed by atoms with E-state index in [9.17, 15) is 4.79 Å². The fraction of sp³-hybridized carbons (Fsp3) is 0.294. The topological polar surface area (TPSA) is 33.2 Å². The number of carbonyl (C=O) groups is 1. The number of aromatic nitrogens is 1. The Balaban J connectivity index is 2.25. The van der Waals surface area contributed by atoms with Gasteiger partial charge >= 0.3 is 0 Å². The molecule has 0 radical (unpaired) electrons. The van der Waals surface area contributed by atoms with Gasteiger partial charge in [0.15, 0.2) is 0 Å². The van der Waals surface area contributed by atoms with Gasteiger partial charge in [-0.2, -0.15) is 0 Å². The fourth-order valence-electron chi connectivity index (χ4n) is 2.13. The molecule has 0 N–H and O–H groups in total. The zero-order valence-electron chi connectivity index (χ0n) is 12.3. The van der Waals surface area contributed by atoms with E-state index in [1.165, 1.54) is 0 Å². The Morgan fingerprint density at radius 1 is 1.29 bits per heavy atom. The van der Waals surface area contributed by atoms with Crippen molar-refractivity contribution in [2.75, 3.05) is 0 Å². The lowest BCUT2D eigenvalue weighted by Crippen LogP contribution is -2.37. The van der Waals surface area contributed by atoms with E-state index < -0.39 is 0 Å². The number of carbonyl (C=O) groups excluding carboxylic acids is 1. The highest BCUT2D eigenvalue weighted by atomic mass is 35.5. The van der Waals surface area contributed by atoms with Gasteiger partial charge in [-0.25, -0.2) is 4.98 Å². The Morgan fingerprint density at radius 2 is 2.00 bits per heavy atom. The van der Waals surface area contributed by atoms with Crippen molar-refractivity contribution in [3.8, 4) is 0 Å². The van der Waals surface area contributed by atoms with E-state index in [2.05, 4.69) is 18.8 Å². The van der Waals surface area contributed by atoms with Crippen LogP contribution in [0.25, 0.3) is 0 Å². The van der Waals surface area contributed by atoms with Gasteiger partial charge < -0.3 is 4.90 Å². The van der Waals surface area contributed by atoms with Crippen molar-refractivity contribution in [3.05, 3.63) is 64.9 Å². The zero-order chi connectivity index (χ0) is 15.2. The van der Waals surface area contributed by atoms with Crippen LogP contribution in [0.5, 0.6) is 0 Å². The summed E-state index contributed by atoms with van der Waals surface area (Å²) in [5.74, 6) is -0.0162. The van der Waals surface area contributed by atoms with Crippen LogP contribution in [0.2, 0.25) is 5.15 Å². The number of rotatable bonds is 5. The normalized spacial score (nSPS) is 12.0. The van der Waals surface area contributed by atoms with Gasteiger partial charge in [-0.05, 0) is 31.0 Å². The van der Waals surface area contributed by atoms with Crippen LogP contribution in [-0.2, 0) is 6.54 Å². The first kappa shape index (κ1) is 15.5. The third kappa shape index (κ3) is 4.05. The highest BCUT2D eigenvalue weighted by Crippen LogP contribution is 2.16. The summed E-state index contributed by atoms with van der Waals surface area (Å²) in [6.45, 7) is 4.73. The molecule has 0 fully saturated rings. The van der Waals surface area contributed by atoms with E-state index >= 15 is 0 Å². The monoisotopic (exact) mass is 302 g/mol. The molecule has 3 nitrogen and oxygen atoms in total. The smallest absolute Gasteiger partial charge is 0.254 e. The lowest BCUT2D eigenvalue weighted by Gasteiger charge is -2.29. The second-order valence-electron chi connectivity index (χ2n) is 5.04. The second kappa shape index (κ2) is 7.23. The summed E-state index contributed by atoms with van der Waals surface area (Å²) in [6.07, 6.45) is 2.46. The van der Waals surface area contributed by atoms with Gasteiger partial charge in [0.2, 0.25) is 0 Å². The molecule has 0 aliphatic rings. The second-order valence-corrected chi connectivity index (χ2v) is 5.43. The van der Waals surface area contributed by atoms with Crippen LogP contribution < -0.4 is 0 Å². The van der Waals surface area contributed by atoms with Gasteiger partial charge in [-0.15, -0.1) is 0 Å². The summed E-state index contributed by atoms with van der Waals surface area (Å²) in [6, 6.07) is 13.5. The van der Waals surface area contributed by atoms with Crippen LogP contribution in [0, 0.1) is 0 Å². The lowest BCUT2D eigenvalue weighted by molar-refractivity contribution is 0.0671. The molecule has 0 saturated heterocycles. The van der Waals surface area contributed by atoms with Crippen LogP contribution in [-0.4, -0.2) is 21.8 Å². The van der Waals surface area contributed by atoms with E-state index in [0.717, 1.165) is 12.0 Å². The molecule has 0 spiro atoms. The molecule has 1 aromatic heterocycles. The molecule has 0 bridgehead atoms. The van der Waals surface area contributed by atoms with Crippen molar-refractivity contribution >= 4 is 17.5 Å². The molecule has 0 aliphatic carbocycles. The largest absolute Gasteiger partial charge is 0.332 e. The highest BCUT2D eigenvalue weighted by molar-refractivity contribution is 6.29. The first-order valence-electron chi connectivity index (χ1n) is 7.08. The number of halogens is 1. The minimum absolute atomic E-state index is 0.0162. The number of hydrogen-bond acceptors (Lipinski definition) is 2. The Morgan fingerprint density at radius 3 is 2.62 bits per heavy atom. The van der Waals surface area contributed by atoms with Crippen molar-refractivity contribution in [2.24, 2.45) is 0 Å². The molecule has 0 aliphatic heterocycles. The third-order valence-electron chi connectivity index (χ3n) is 3.55. The van der Waals surface area contributed by atoms with Crippen molar-refractivity contribution in [1.82, 2.24) is 9.88 Å². The van der Waals surface area contributed by atoms with Gasteiger partial charge in [0.05, 0.1) is 0 Å². The predicted molar refractivity (Wildman–Crippen MR) is 85.3 cm³/mol. The summed E-state index contributed by atoms with van der Waals surface area (Å²) < 4.78 is 0. The minimum Gasteiger partial charge on any atom is -0.332 e. The first-order chi connectivity index (χ1) is 10.1. The molecule has 1 amide bonds. The zero-order valence-corrected chi connectivity index (χ0v) is 13.0. The Kier molecular flexibility index (Phi) is 5.34. The van der Waals surface area contributed by atoms with Crippen LogP contribution in [0.1, 0.15) is 36.2 Å². The number of nitrogens with zero attached hydrogens (tertiary/aromatic N) is 2. The van der Waals surface area contributed by atoms with Crippen LogP contribution in [0.3, 0.4) is 0 Å². The summed E-state index contributed by atoms with van der Waals surface area (Å²) in [7, 11) is 0. The number of benzene rings is 1. The lowest BCUT2D eigenvalue weighted by atomic mass is 10.1. The van der Waals surface area contributed by atoms with Crippen molar-refractivity contribution in [1.29, 1.82) is 0 Å². The van der Waals surface area contributed by atoms with Gasteiger partial charge in [-0.3, -0.25) is 4.79 Å². The quantitative estimate of drug-likeness (QED) is 0.776. The van der Waals surface area contributed by atoms with E-state index in [0.29, 0.717) is 17.3 Å². The van der Waals surface area contributed by atoms with E-state index in [1.54, 1.807) is 18.3 Å². The summed E-state index contributed by atoms with van der Waals surface area (Å²) >= 11 is 5.89. The average Bonchev–Trinajstić information content (AvgIpc) is 2.52. The van der Waals surface area contributed by atoms with E-state index in [4.69, 9.17) is 11.6 Å². The summed E-state index contributed by atoms with van der Waals surface area (Å²) in [4.78, 5) is 18.5. The predicted octanol–water partition coefficient (Wildman–Crippen LogP) is 4.18. The summed E-state index contributed by atoms with van der Waals surface area (Å²) in [5.41, 5.74) is 1.69. The standard InChI is InChI=1S/C17H19ClN2O/c1-3-13(2)20(12-14-7-5-4-6-8-14)17(21)15-9-10-19-16(18)11-15/h4-11,13H,3,12H2,1-2H3. The van der Waals surface area contributed by atoms with Gasteiger partial charge in [0.25, 0.3) is 5.91 Å².